The number of hydrogen-bond acceptors (Lipinski definition) is 3. The van der Waals surface area contributed by atoms with E-state index in [9.17, 15) is 8.42 Å². The predicted molar refractivity (Wildman–Crippen MR) is 73.0 cm³/mol. The number of hydrogen-bond donors (Lipinski definition) is 1. The Bertz CT molecular complexity index is 300. The van der Waals surface area contributed by atoms with Crippen molar-refractivity contribution in [3.63, 3.8) is 0 Å². The van der Waals surface area contributed by atoms with Gasteiger partial charge in [-0.3, -0.25) is 0 Å². The molecular formula is C11H22BrNO3S. The summed E-state index contributed by atoms with van der Waals surface area (Å²) in [6.45, 7) is 1.09. The highest BCUT2D eigenvalue weighted by molar-refractivity contribution is 9.09. The molecule has 1 saturated carbocycles. The van der Waals surface area contributed by atoms with E-state index in [0.717, 1.165) is 25.7 Å². The zero-order chi connectivity index (χ0) is 12.7. The average molecular weight is 328 g/mol. The Labute approximate surface area is 113 Å². The summed E-state index contributed by atoms with van der Waals surface area (Å²) in [5.74, 6) is 0.662. The molecule has 4 nitrogen and oxygen atoms in total. The van der Waals surface area contributed by atoms with E-state index in [1.165, 1.54) is 0 Å². The lowest BCUT2D eigenvalue weighted by Gasteiger charge is -2.25. The molecule has 0 aromatic heterocycles. The molecule has 1 N–H and O–H groups in total. The van der Waals surface area contributed by atoms with E-state index < -0.39 is 10.0 Å². The van der Waals surface area contributed by atoms with Crippen LogP contribution in [-0.2, 0) is 14.8 Å². The van der Waals surface area contributed by atoms with Crippen LogP contribution in [0, 0.1) is 5.92 Å². The van der Waals surface area contributed by atoms with Crippen molar-refractivity contribution in [3.8, 4) is 0 Å². The van der Waals surface area contributed by atoms with Crippen molar-refractivity contribution in [2.75, 3.05) is 26.0 Å². The number of sulfonamides is 1. The highest BCUT2D eigenvalue weighted by Gasteiger charge is 2.20. The van der Waals surface area contributed by atoms with E-state index in [0.29, 0.717) is 30.3 Å². The molecule has 0 heterocycles. The van der Waals surface area contributed by atoms with Crippen LogP contribution in [0.3, 0.4) is 0 Å². The van der Waals surface area contributed by atoms with E-state index in [1.54, 1.807) is 7.11 Å². The maximum atomic E-state index is 11.6. The number of rotatable bonds is 7. The van der Waals surface area contributed by atoms with Gasteiger partial charge in [0.2, 0.25) is 10.0 Å². The summed E-state index contributed by atoms with van der Waals surface area (Å²) in [4.78, 5) is 0.622. The zero-order valence-corrected chi connectivity index (χ0v) is 12.7. The summed E-state index contributed by atoms with van der Waals surface area (Å²) in [5.41, 5.74) is 0. The fourth-order valence-electron chi connectivity index (χ4n) is 2.04. The molecule has 0 aromatic rings. The van der Waals surface area contributed by atoms with Crippen LogP contribution in [-0.4, -0.2) is 39.3 Å². The van der Waals surface area contributed by atoms with Crippen molar-refractivity contribution in [2.45, 2.75) is 36.9 Å². The first-order valence-electron chi connectivity index (χ1n) is 6.14. The Morgan fingerprint density at radius 1 is 1.29 bits per heavy atom. The molecule has 0 spiro atoms. The summed E-state index contributed by atoms with van der Waals surface area (Å²) in [7, 11) is -1.53. The molecule has 0 aromatic carbocycles. The second kappa shape index (κ2) is 7.71. The number of ether oxygens (including phenoxy) is 1. The van der Waals surface area contributed by atoms with E-state index in [1.807, 2.05) is 0 Å². The Morgan fingerprint density at radius 2 is 1.94 bits per heavy atom. The fraction of sp³-hybridized carbons (Fsp3) is 1.00. The largest absolute Gasteiger partial charge is 0.385 e. The summed E-state index contributed by atoms with van der Waals surface area (Å²) >= 11 is 3.60. The topological polar surface area (TPSA) is 55.4 Å². The second-order valence-corrected chi connectivity index (χ2v) is 7.85. The number of halogens is 1. The van der Waals surface area contributed by atoms with Gasteiger partial charge in [0, 0.05) is 25.1 Å². The van der Waals surface area contributed by atoms with Crippen LogP contribution < -0.4 is 4.72 Å². The van der Waals surface area contributed by atoms with Crippen molar-refractivity contribution >= 4 is 26.0 Å². The van der Waals surface area contributed by atoms with Gasteiger partial charge in [-0.25, -0.2) is 13.1 Å². The Hall–Kier alpha value is 0.350. The molecule has 0 bridgehead atoms. The van der Waals surface area contributed by atoms with Gasteiger partial charge < -0.3 is 4.74 Å². The highest BCUT2D eigenvalue weighted by Crippen LogP contribution is 2.28. The van der Waals surface area contributed by atoms with Gasteiger partial charge in [0.1, 0.15) is 0 Å². The first kappa shape index (κ1) is 15.4. The minimum absolute atomic E-state index is 0.161. The summed E-state index contributed by atoms with van der Waals surface area (Å²) in [5, 5.41) is 0. The molecule has 0 radical (unpaired) electrons. The molecule has 0 aliphatic heterocycles. The molecule has 1 aliphatic rings. The van der Waals surface area contributed by atoms with E-state index in [4.69, 9.17) is 4.74 Å². The fourth-order valence-corrected chi connectivity index (χ4v) is 3.70. The summed E-state index contributed by atoms with van der Waals surface area (Å²) in [6.07, 6.45) is 5.07. The van der Waals surface area contributed by atoms with Crippen LogP contribution in [0.25, 0.3) is 0 Å². The molecule has 102 valence electrons. The van der Waals surface area contributed by atoms with Crippen LogP contribution in [0.15, 0.2) is 0 Å². The Balaban J connectivity index is 2.20. The van der Waals surface area contributed by atoms with Crippen molar-refractivity contribution in [2.24, 2.45) is 5.92 Å². The minimum atomic E-state index is -3.11. The minimum Gasteiger partial charge on any atom is -0.385 e. The van der Waals surface area contributed by atoms with Gasteiger partial charge in [0.05, 0.1) is 5.75 Å². The van der Waals surface area contributed by atoms with Crippen molar-refractivity contribution in [3.05, 3.63) is 0 Å². The van der Waals surface area contributed by atoms with E-state index in [2.05, 4.69) is 20.7 Å². The normalized spacial score (nSPS) is 26.0. The average Bonchev–Trinajstić information content (AvgIpc) is 2.29. The molecule has 1 aliphatic carbocycles. The molecule has 0 saturated heterocycles. The third kappa shape index (κ3) is 6.74. The van der Waals surface area contributed by atoms with Gasteiger partial charge in [-0.15, -0.1) is 0 Å². The van der Waals surface area contributed by atoms with E-state index >= 15 is 0 Å². The molecule has 0 amide bonds. The lowest BCUT2D eigenvalue weighted by molar-refractivity contribution is 0.199. The summed E-state index contributed by atoms with van der Waals surface area (Å²) < 4.78 is 30.8. The number of nitrogens with one attached hydrogen (secondary N) is 1. The van der Waals surface area contributed by atoms with Gasteiger partial charge in [-0.1, -0.05) is 15.9 Å². The summed E-state index contributed by atoms with van der Waals surface area (Å²) in [6, 6.07) is 0. The third-order valence-electron chi connectivity index (χ3n) is 3.13. The zero-order valence-electron chi connectivity index (χ0n) is 10.3. The quantitative estimate of drug-likeness (QED) is 0.574. The van der Waals surface area contributed by atoms with Crippen LogP contribution in [0.5, 0.6) is 0 Å². The maximum absolute atomic E-state index is 11.6. The molecule has 1 rings (SSSR count). The first-order chi connectivity index (χ1) is 8.03. The van der Waals surface area contributed by atoms with E-state index in [-0.39, 0.29) is 5.75 Å². The molecule has 0 unspecified atom stereocenters. The van der Waals surface area contributed by atoms with Gasteiger partial charge in [0.15, 0.2) is 0 Å². The first-order valence-corrected chi connectivity index (χ1v) is 8.70. The van der Waals surface area contributed by atoms with Crippen LogP contribution in [0.1, 0.15) is 32.1 Å². The molecule has 6 heteroatoms. The molecule has 1 fully saturated rings. The maximum Gasteiger partial charge on any atom is 0.211 e. The molecule has 17 heavy (non-hydrogen) atoms. The second-order valence-electron chi connectivity index (χ2n) is 4.63. The van der Waals surface area contributed by atoms with Crippen molar-refractivity contribution in [1.29, 1.82) is 0 Å². The van der Waals surface area contributed by atoms with Crippen LogP contribution >= 0.6 is 15.9 Å². The number of alkyl halides is 1. The predicted octanol–water partition coefficient (Wildman–Crippen LogP) is 1.90. The van der Waals surface area contributed by atoms with Crippen LogP contribution in [0.4, 0.5) is 0 Å². The SMILES string of the molecule is COCCCS(=O)(=O)NCC1CCC(Br)CC1. The van der Waals surface area contributed by atoms with Gasteiger partial charge >= 0.3 is 0 Å². The van der Waals surface area contributed by atoms with Gasteiger partial charge in [-0.2, -0.15) is 0 Å². The third-order valence-corrected chi connectivity index (χ3v) is 5.48. The standard InChI is InChI=1S/C11H22BrNO3S/c1-16-7-2-8-17(14,15)13-9-10-3-5-11(12)6-4-10/h10-11,13H,2-9H2,1H3. The Morgan fingerprint density at radius 3 is 2.53 bits per heavy atom. The highest BCUT2D eigenvalue weighted by atomic mass is 79.9. The number of methoxy groups -OCH3 is 1. The smallest absolute Gasteiger partial charge is 0.211 e. The molecular weight excluding hydrogens is 306 g/mol. The van der Waals surface area contributed by atoms with Crippen molar-refractivity contribution < 1.29 is 13.2 Å². The lowest BCUT2D eigenvalue weighted by Crippen LogP contribution is -2.33. The van der Waals surface area contributed by atoms with Gasteiger partial charge in [0.25, 0.3) is 0 Å². The molecule has 0 atom stereocenters. The monoisotopic (exact) mass is 327 g/mol. The van der Waals surface area contributed by atoms with Crippen molar-refractivity contribution in [1.82, 2.24) is 4.72 Å². The Kier molecular flexibility index (Phi) is 6.99. The van der Waals surface area contributed by atoms with Gasteiger partial charge in [-0.05, 0) is 38.0 Å². The van der Waals surface area contributed by atoms with Crippen LogP contribution in [0.2, 0.25) is 0 Å². The lowest BCUT2D eigenvalue weighted by atomic mass is 9.89.